The van der Waals surface area contributed by atoms with Crippen molar-refractivity contribution in [3.8, 4) is 11.8 Å². The number of pyridine rings is 1. The number of rotatable bonds is 4. The van der Waals surface area contributed by atoms with E-state index in [1.165, 1.54) is 0 Å². The highest BCUT2D eigenvalue weighted by Gasteiger charge is 2.34. The fourth-order valence-corrected chi connectivity index (χ4v) is 3.10. The van der Waals surface area contributed by atoms with Gasteiger partial charge in [-0.15, -0.1) is 0 Å². The van der Waals surface area contributed by atoms with Crippen molar-refractivity contribution in [1.29, 1.82) is 5.26 Å². The van der Waals surface area contributed by atoms with Crippen molar-refractivity contribution in [3.05, 3.63) is 53.7 Å². The monoisotopic (exact) mass is 337 g/mol. The molecular formula is C20H23N3O2. The van der Waals surface area contributed by atoms with E-state index in [0.29, 0.717) is 18.7 Å². The van der Waals surface area contributed by atoms with Crippen LogP contribution in [0.2, 0.25) is 0 Å². The Bertz CT molecular complexity index is 768. The lowest BCUT2D eigenvalue weighted by Crippen LogP contribution is -2.54. The highest BCUT2D eigenvalue weighted by Crippen LogP contribution is 2.26. The molecule has 1 aliphatic rings. The van der Waals surface area contributed by atoms with Gasteiger partial charge >= 0.3 is 0 Å². The molecule has 2 aromatic rings. The second kappa shape index (κ2) is 7.12. The molecule has 1 atom stereocenters. The zero-order chi connectivity index (χ0) is 17.9. The maximum atomic E-state index is 9.08. The number of anilines is 1. The largest absolute Gasteiger partial charge is 0.491 e. The van der Waals surface area contributed by atoms with Gasteiger partial charge in [0.25, 0.3) is 0 Å². The maximum absolute atomic E-state index is 9.08. The van der Waals surface area contributed by atoms with Crippen LogP contribution in [0, 0.1) is 18.3 Å². The average Bonchev–Trinajstić information content (AvgIpc) is 2.59. The lowest BCUT2D eigenvalue weighted by atomic mass is 10.1. The van der Waals surface area contributed by atoms with Gasteiger partial charge in [-0.25, -0.2) is 4.98 Å². The molecule has 0 spiro atoms. The summed E-state index contributed by atoms with van der Waals surface area (Å²) in [7, 11) is 0. The van der Waals surface area contributed by atoms with Crippen molar-refractivity contribution < 1.29 is 9.47 Å². The number of nitrogens with zero attached hydrogens (tertiary/aromatic N) is 3. The molecule has 1 fully saturated rings. The van der Waals surface area contributed by atoms with E-state index in [2.05, 4.69) is 29.8 Å². The zero-order valence-corrected chi connectivity index (χ0v) is 14.9. The Morgan fingerprint density at radius 3 is 2.72 bits per heavy atom. The molecular weight excluding hydrogens is 314 g/mol. The summed E-state index contributed by atoms with van der Waals surface area (Å²) in [6, 6.07) is 15.7. The first kappa shape index (κ1) is 17.2. The number of benzene rings is 1. The fourth-order valence-electron chi connectivity index (χ4n) is 3.10. The number of hydrogen-bond donors (Lipinski definition) is 0. The summed E-state index contributed by atoms with van der Waals surface area (Å²) in [5.74, 6) is 1.71. The van der Waals surface area contributed by atoms with Gasteiger partial charge in [-0.1, -0.05) is 18.2 Å². The van der Waals surface area contributed by atoms with Crippen molar-refractivity contribution in [2.75, 3.05) is 24.6 Å². The van der Waals surface area contributed by atoms with E-state index in [1.807, 2.05) is 49.4 Å². The Hall–Kier alpha value is -2.58. The molecule has 1 aromatic carbocycles. The number of para-hydroxylation sites is 1. The van der Waals surface area contributed by atoms with Gasteiger partial charge in [-0.3, -0.25) is 0 Å². The molecule has 1 saturated heterocycles. The Labute approximate surface area is 148 Å². The van der Waals surface area contributed by atoms with Crippen LogP contribution in [0.1, 0.15) is 25.1 Å². The van der Waals surface area contributed by atoms with Crippen molar-refractivity contribution in [2.45, 2.75) is 32.5 Å². The molecule has 0 amide bonds. The van der Waals surface area contributed by atoms with Gasteiger partial charge in [0.15, 0.2) is 0 Å². The van der Waals surface area contributed by atoms with Crippen molar-refractivity contribution in [2.24, 2.45) is 0 Å². The van der Waals surface area contributed by atoms with Gasteiger partial charge in [0, 0.05) is 13.1 Å². The summed E-state index contributed by atoms with van der Waals surface area (Å²) in [4.78, 5) is 6.80. The molecule has 1 aromatic heterocycles. The van der Waals surface area contributed by atoms with Crippen LogP contribution in [0.15, 0.2) is 42.5 Å². The van der Waals surface area contributed by atoms with E-state index in [1.54, 1.807) is 0 Å². The van der Waals surface area contributed by atoms with Gasteiger partial charge in [0.05, 0.1) is 16.9 Å². The Kier molecular flexibility index (Phi) is 4.91. The SMILES string of the molecule is Cc1nc(N2CC(COc3ccccc3)OC(C)(C)C2)ccc1C#N. The minimum absolute atomic E-state index is 0.0540. The Balaban J connectivity index is 1.72. The standard InChI is InChI=1S/C20H23N3O2/c1-15-16(11-21)9-10-19(22-15)23-12-18(25-20(2,3)14-23)13-24-17-7-5-4-6-8-17/h4-10,18H,12-14H2,1-3H3. The van der Waals surface area contributed by atoms with Crippen molar-refractivity contribution in [3.63, 3.8) is 0 Å². The van der Waals surface area contributed by atoms with Crippen LogP contribution in [0.5, 0.6) is 5.75 Å². The predicted molar refractivity (Wildman–Crippen MR) is 96.8 cm³/mol. The first-order valence-electron chi connectivity index (χ1n) is 8.45. The van der Waals surface area contributed by atoms with E-state index in [0.717, 1.165) is 23.8 Å². The Morgan fingerprint density at radius 2 is 2.04 bits per heavy atom. The third-order valence-corrected chi connectivity index (χ3v) is 4.18. The zero-order valence-electron chi connectivity index (χ0n) is 14.9. The minimum Gasteiger partial charge on any atom is -0.491 e. The molecule has 1 aliphatic heterocycles. The van der Waals surface area contributed by atoms with Crippen LogP contribution in [0.25, 0.3) is 0 Å². The van der Waals surface area contributed by atoms with E-state index in [9.17, 15) is 0 Å². The number of aryl methyl sites for hydroxylation is 1. The van der Waals surface area contributed by atoms with E-state index < -0.39 is 0 Å². The maximum Gasteiger partial charge on any atom is 0.129 e. The molecule has 0 N–H and O–H groups in total. The van der Waals surface area contributed by atoms with Crippen LogP contribution in [0.3, 0.4) is 0 Å². The summed E-state index contributed by atoms with van der Waals surface area (Å²) in [6.45, 7) is 7.95. The van der Waals surface area contributed by atoms with Gasteiger partial charge in [0.1, 0.15) is 30.3 Å². The summed E-state index contributed by atoms with van der Waals surface area (Å²) in [5, 5.41) is 9.08. The first-order chi connectivity index (χ1) is 12.0. The molecule has 25 heavy (non-hydrogen) atoms. The van der Waals surface area contributed by atoms with Gasteiger partial charge < -0.3 is 14.4 Å². The van der Waals surface area contributed by atoms with Gasteiger partial charge in [-0.2, -0.15) is 5.26 Å². The minimum atomic E-state index is -0.299. The van der Waals surface area contributed by atoms with E-state index >= 15 is 0 Å². The molecule has 0 bridgehead atoms. The average molecular weight is 337 g/mol. The molecule has 5 nitrogen and oxygen atoms in total. The number of nitriles is 1. The summed E-state index contributed by atoms with van der Waals surface area (Å²) < 4.78 is 12.0. The number of morpholine rings is 1. The number of ether oxygens (including phenoxy) is 2. The van der Waals surface area contributed by atoms with E-state index in [4.69, 9.17) is 14.7 Å². The normalized spacial score (nSPS) is 19.3. The third kappa shape index (κ3) is 4.28. The smallest absolute Gasteiger partial charge is 0.129 e. The summed E-state index contributed by atoms with van der Waals surface area (Å²) >= 11 is 0. The molecule has 0 saturated carbocycles. The topological polar surface area (TPSA) is 58.4 Å². The molecule has 2 heterocycles. The van der Waals surface area contributed by atoms with E-state index in [-0.39, 0.29) is 11.7 Å². The number of hydrogen-bond acceptors (Lipinski definition) is 5. The summed E-state index contributed by atoms with van der Waals surface area (Å²) in [6.07, 6.45) is -0.0540. The molecule has 3 rings (SSSR count). The molecule has 5 heteroatoms. The number of aromatic nitrogens is 1. The Morgan fingerprint density at radius 1 is 1.28 bits per heavy atom. The first-order valence-corrected chi connectivity index (χ1v) is 8.45. The lowest BCUT2D eigenvalue weighted by Gasteiger charge is -2.43. The summed E-state index contributed by atoms with van der Waals surface area (Å²) in [5.41, 5.74) is 1.06. The van der Waals surface area contributed by atoms with Gasteiger partial charge in [0.2, 0.25) is 0 Å². The van der Waals surface area contributed by atoms with Crippen LogP contribution in [0.4, 0.5) is 5.82 Å². The van der Waals surface area contributed by atoms with Gasteiger partial charge in [-0.05, 0) is 45.0 Å². The van der Waals surface area contributed by atoms with Crippen molar-refractivity contribution in [1.82, 2.24) is 4.98 Å². The highest BCUT2D eigenvalue weighted by atomic mass is 16.5. The molecule has 1 unspecified atom stereocenters. The second-order valence-electron chi connectivity index (χ2n) is 6.92. The second-order valence-corrected chi connectivity index (χ2v) is 6.92. The molecule has 130 valence electrons. The fraction of sp³-hybridized carbons (Fsp3) is 0.400. The highest BCUT2D eigenvalue weighted by molar-refractivity contribution is 5.46. The van der Waals surface area contributed by atoms with Crippen LogP contribution in [-0.2, 0) is 4.74 Å². The van der Waals surface area contributed by atoms with Crippen LogP contribution in [-0.4, -0.2) is 36.4 Å². The van der Waals surface area contributed by atoms with Crippen molar-refractivity contribution >= 4 is 5.82 Å². The lowest BCUT2D eigenvalue weighted by molar-refractivity contribution is -0.0971. The quantitative estimate of drug-likeness (QED) is 0.856. The third-order valence-electron chi connectivity index (χ3n) is 4.18. The predicted octanol–water partition coefficient (Wildman–Crippen LogP) is 3.32. The molecule has 0 aliphatic carbocycles. The van der Waals surface area contributed by atoms with Crippen LogP contribution < -0.4 is 9.64 Å². The molecule has 0 radical (unpaired) electrons. The van der Waals surface area contributed by atoms with Crippen LogP contribution >= 0.6 is 0 Å².